The molecule has 0 aromatic heterocycles. The largest absolute Gasteiger partial charge is 0.384 e. The Kier molecular flexibility index (Phi) is 6.72. The lowest BCUT2D eigenvalue weighted by atomic mass is 10.1. The first kappa shape index (κ1) is 16.8. The zero-order valence-electron chi connectivity index (χ0n) is 13.8. The molecule has 22 heavy (non-hydrogen) atoms. The fraction of sp³-hybridized carbons (Fsp3) is 0.611. The van der Waals surface area contributed by atoms with Crippen molar-refractivity contribution in [1.29, 1.82) is 0 Å². The molecule has 0 spiro atoms. The molecule has 1 aromatic carbocycles. The molecule has 1 heterocycles. The third-order valence-electron chi connectivity index (χ3n) is 4.13. The van der Waals surface area contributed by atoms with Gasteiger partial charge in [-0.2, -0.15) is 0 Å². The molecule has 4 nitrogen and oxygen atoms in total. The number of ether oxygens (including phenoxy) is 1. The van der Waals surface area contributed by atoms with E-state index >= 15 is 0 Å². The van der Waals surface area contributed by atoms with E-state index in [2.05, 4.69) is 12.2 Å². The Morgan fingerprint density at radius 2 is 2.18 bits per heavy atom. The first-order chi connectivity index (χ1) is 10.8. The lowest BCUT2D eigenvalue weighted by Gasteiger charge is -2.19. The zero-order valence-corrected chi connectivity index (χ0v) is 13.8. The van der Waals surface area contributed by atoms with Crippen molar-refractivity contribution in [2.75, 3.05) is 38.2 Å². The number of hydrogen-bond donors (Lipinski definition) is 1. The fourth-order valence-corrected chi connectivity index (χ4v) is 2.83. The number of carbonyl (C=O) groups is 1. The van der Waals surface area contributed by atoms with Crippen molar-refractivity contribution in [3.05, 3.63) is 29.8 Å². The summed E-state index contributed by atoms with van der Waals surface area (Å²) in [7, 11) is 0. The molecule has 1 amide bonds. The Hall–Kier alpha value is -1.55. The molecule has 4 heteroatoms. The third-order valence-corrected chi connectivity index (χ3v) is 4.13. The van der Waals surface area contributed by atoms with Crippen LogP contribution in [0.15, 0.2) is 24.3 Å². The molecule has 122 valence electrons. The van der Waals surface area contributed by atoms with Gasteiger partial charge in [0, 0.05) is 37.8 Å². The summed E-state index contributed by atoms with van der Waals surface area (Å²) >= 11 is 0. The van der Waals surface area contributed by atoms with Gasteiger partial charge in [-0.3, -0.25) is 4.79 Å². The Morgan fingerprint density at radius 1 is 1.36 bits per heavy atom. The van der Waals surface area contributed by atoms with Crippen molar-refractivity contribution in [1.82, 2.24) is 4.90 Å². The summed E-state index contributed by atoms with van der Waals surface area (Å²) in [6.07, 6.45) is 3.30. The van der Waals surface area contributed by atoms with Gasteiger partial charge in [0.1, 0.15) is 0 Å². The summed E-state index contributed by atoms with van der Waals surface area (Å²) in [6, 6.07) is 7.84. The molecule has 1 aliphatic rings. The van der Waals surface area contributed by atoms with Crippen LogP contribution in [0.2, 0.25) is 0 Å². The minimum atomic E-state index is 0.138. The first-order valence-electron chi connectivity index (χ1n) is 8.46. The highest BCUT2D eigenvalue weighted by atomic mass is 16.5. The number of benzene rings is 1. The second kappa shape index (κ2) is 8.79. The quantitative estimate of drug-likeness (QED) is 0.748. The predicted octanol–water partition coefficient (Wildman–Crippen LogP) is 3.40. The highest BCUT2D eigenvalue weighted by Gasteiger charge is 2.27. The number of nitrogens with zero attached hydrogens (tertiary/aromatic N) is 1. The fourth-order valence-electron chi connectivity index (χ4n) is 2.83. The molecule has 0 bridgehead atoms. The van der Waals surface area contributed by atoms with Gasteiger partial charge in [0.05, 0.1) is 12.2 Å². The maximum Gasteiger partial charge on any atom is 0.255 e. The maximum absolute atomic E-state index is 12.8. The van der Waals surface area contributed by atoms with Crippen LogP contribution in [0.5, 0.6) is 0 Å². The predicted molar refractivity (Wildman–Crippen MR) is 90.3 cm³/mol. The lowest BCUT2D eigenvalue weighted by molar-refractivity contribution is 0.0763. The number of carbonyl (C=O) groups excluding carboxylic acids is 1. The minimum absolute atomic E-state index is 0.138. The Bertz CT molecular complexity index is 476. The molecule has 1 fully saturated rings. The summed E-state index contributed by atoms with van der Waals surface area (Å²) < 4.78 is 5.49. The standard InChI is InChI=1S/C18H28N2O2/c1-3-5-11-19-17-9-7-6-8-16(17)18(21)20-12-10-15(13-20)14-22-4-2/h6-9,15,19H,3-5,10-14H2,1-2H3/t15-/m0/s1. The van der Waals surface area contributed by atoms with Crippen molar-refractivity contribution in [2.24, 2.45) is 5.92 Å². The number of hydrogen-bond acceptors (Lipinski definition) is 3. The van der Waals surface area contributed by atoms with Crippen molar-refractivity contribution >= 4 is 11.6 Å². The molecule has 1 aromatic rings. The van der Waals surface area contributed by atoms with E-state index < -0.39 is 0 Å². The molecule has 1 atom stereocenters. The first-order valence-corrected chi connectivity index (χ1v) is 8.46. The van der Waals surface area contributed by atoms with Crippen LogP contribution in [0, 0.1) is 5.92 Å². The highest BCUT2D eigenvalue weighted by Crippen LogP contribution is 2.23. The second-order valence-corrected chi connectivity index (χ2v) is 5.89. The number of likely N-dealkylation sites (tertiary alicyclic amines) is 1. The normalized spacial score (nSPS) is 17.7. The van der Waals surface area contributed by atoms with Gasteiger partial charge in [0.2, 0.25) is 0 Å². The van der Waals surface area contributed by atoms with E-state index in [1.54, 1.807) is 0 Å². The summed E-state index contributed by atoms with van der Waals surface area (Å²) in [5, 5.41) is 3.39. The van der Waals surface area contributed by atoms with Crippen LogP contribution in [0.1, 0.15) is 43.5 Å². The van der Waals surface area contributed by atoms with E-state index in [1.165, 1.54) is 0 Å². The summed E-state index contributed by atoms with van der Waals surface area (Å²) in [6.45, 7) is 8.23. The smallest absolute Gasteiger partial charge is 0.255 e. The van der Waals surface area contributed by atoms with Gasteiger partial charge >= 0.3 is 0 Å². The number of amides is 1. The van der Waals surface area contributed by atoms with Crippen LogP contribution < -0.4 is 5.32 Å². The van der Waals surface area contributed by atoms with Gasteiger partial charge in [0.25, 0.3) is 5.91 Å². The minimum Gasteiger partial charge on any atom is -0.384 e. The summed E-state index contributed by atoms with van der Waals surface area (Å²) in [4.78, 5) is 14.7. The number of para-hydroxylation sites is 1. The van der Waals surface area contributed by atoms with Gasteiger partial charge in [-0.15, -0.1) is 0 Å². The SMILES string of the molecule is CCCCNc1ccccc1C(=O)N1CC[C@H](COCC)C1. The van der Waals surface area contributed by atoms with Crippen molar-refractivity contribution in [2.45, 2.75) is 33.1 Å². The third kappa shape index (κ3) is 4.47. The molecular weight excluding hydrogens is 276 g/mol. The number of nitrogens with one attached hydrogen (secondary N) is 1. The maximum atomic E-state index is 12.8. The van der Waals surface area contributed by atoms with Crippen LogP contribution in [-0.4, -0.2) is 43.7 Å². The Balaban J connectivity index is 1.97. The van der Waals surface area contributed by atoms with Crippen molar-refractivity contribution in [3.8, 4) is 0 Å². The van der Waals surface area contributed by atoms with Gasteiger partial charge < -0.3 is 15.0 Å². The van der Waals surface area contributed by atoms with Gasteiger partial charge in [-0.25, -0.2) is 0 Å². The number of rotatable bonds is 8. The molecule has 2 rings (SSSR count). The summed E-state index contributed by atoms with van der Waals surface area (Å²) in [5.74, 6) is 0.614. The zero-order chi connectivity index (χ0) is 15.8. The van der Waals surface area contributed by atoms with Crippen LogP contribution in [-0.2, 0) is 4.74 Å². The highest BCUT2D eigenvalue weighted by molar-refractivity contribution is 5.99. The van der Waals surface area contributed by atoms with Gasteiger partial charge in [-0.05, 0) is 31.9 Å². The Labute approximate surface area is 133 Å². The van der Waals surface area contributed by atoms with E-state index in [-0.39, 0.29) is 5.91 Å². The van der Waals surface area contributed by atoms with Crippen LogP contribution in [0.4, 0.5) is 5.69 Å². The van der Waals surface area contributed by atoms with Crippen LogP contribution in [0.3, 0.4) is 0 Å². The molecule has 1 N–H and O–H groups in total. The van der Waals surface area contributed by atoms with E-state index in [4.69, 9.17) is 4.74 Å². The van der Waals surface area contributed by atoms with Gasteiger partial charge in [0.15, 0.2) is 0 Å². The van der Waals surface area contributed by atoms with Crippen LogP contribution in [0.25, 0.3) is 0 Å². The molecule has 1 saturated heterocycles. The van der Waals surface area contributed by atoms with E-state index in [9.17, 15) is 4.79 Å². The molecule has 1 aliphatic heterocycles. The molecular formula is C18H28N2O2. The Morgan fingerprint density at radius 3 is 2.95 bits per heavy atom. The van der Waals surface area contributed by atoms with Crippen LogP contribution >= 0.6 is 0 Å². The average Bonchev–Trinajstić information content (AvgIpc) is 3.02. The number of unbranched alkanes of at least 4 members (excludes halogenated alkanes) is 1. The molecule has 0 saturated carbocycles. The van der Waals surface area contributed by atoms with Gasteiger partial charge in [-0.1, -0.05) is 25.5 Å². The molecule has 0 unspecified atom stereocenters. The van der Waals surface area contributed by atoms with E-state index in [0.29, 0.717) is 5.92 Å². The molecule has 0 aliphatic carbocycles. The average molecular weight is 304 g/mol. The topological polar surface area (TPSA) is 41.6 Å². The number of anilines is 1. The lowest BCUT2D eigenvalue weighted by Crippen LogP contribution is -2.30. The monoisotopic (exact) mass is 304 g/mol. The molecule has 0 radical (unpaired) electrons. The van der Waals surface area contributed by atoms with Crippen molar-refractivity contribution in [3.63, 3.8) is 0 Å². The summed E-state index contributed by atoms with van der Waals surface area (Å²) in [5.41, 5.74) is 1.74. The van der Waals surface area contributed by atoms with E-state index in [0.717, 1.165) is 63.4 Å². The van der Waals surface area contributed by atoms with Crippen molar-refractivity contribution < 1.29 is 9.53 Å². The van der Waals surface area contributed by atoms with E-state index in [1.807, 2.05) is 36.1 Å². The second-order valence-electron chi connectivity index (χ2n) is 5.89.